The molecule has 0 radical (unpaired) electrons. The second-order valence-corrected chi connectivity index (χ2v) is 7.62. The molecule has 122 valence electrons. The van der Waals surface area contributed by atoms with E-state index in [1.807, 2.05) is 0 Å². The summed E-state index contributed by atoms with van der Waals surface area (Å²) >= 11 is 0. The van der Waals surface area contributed by atoms with Crippen LogP contribution in [0.25, 0.3) is 0 Å². The minimum Gasteiger partial charge on any atom is -0.493 e. The van der Waals surface area contributed by atoms with Crippen molar-refractivity contribution in [3.63, 3.8) is 0 Å². The van der Waals surface area contributed by atoms with E-state index in [1.165, 1.54) is 30.5 Å². The molecule has 4 aliphatic rings. The zero-order chi connectivity index (χ0) is 15.8. The third kappa shape index (κ3) is 1.30. The van der Waals surface area contributed by atoms with E-state index in [9.17, 15) is 0 Å². The van der Waals surface area contributed by atoms with E-state index in [-0.39, 0.29) is 17.1 Å². The number of hydrogen-bond acceptors (Lipinski definition) is 3. The lowest BCUT2D eigenvalue weighted by molar-refractivity contribution is -0.0190. The van der Waals surface area contributed by atoms with Crippen LogP contribution in [0.1, 0.15) is 37.3 Å². The summed E-state index contributed by atoms with van der Waals surface area (Å²) in [5.74, 6) is 2.56. The highest BCUT2D eigenvalue weighted by Gasteiger charge is 2.69. The molecule has 0 aromatic heterocycles. The molecule has 23 heavy (non-hydrogen) atoms. The van der Waals surface area contributed by atoms with Gasteiger partial charge in [-0.3, -0.25) is 4.90 Å². The van der Waals surface area contributed by atoms with Crippen LogP contribution in [-0.2, 0) is 11.8 Å². The van der Waals surface area contributed by atoms with Gasteiger partial charge in [-0.2, -0.15) is 0 Å². The molecule has 3 nitrogen and oxygen atoms in total. The summed E-state index contributed by atoms with van der Waals surface area (Å²) in [5.41, 5.74) is 3.23. The van der Waals surface area contributed by atoms with E-state index in [2.05, 4.69) is 43.2 Å². The zero-order valence-electron chi connectivity index (χ0n) is 14.3. The number of rotatable bonds is 2. The molecule has 0 N–H and O–H groups in total. The fraction of sp³-hybridized carbons (Fsp3) is 0.600. The van der Waals surface area contributed by atoms with Crippen molar-refractivity contribution >= 4 is 0 Å². The number of likely N-dealkylation sites (N-methyl/N-ethyl adjacent to an activating group) is 1. The van der Waals surface area contributed by atoms with Crippen molar-refractivity contribution in [1.82, 2.24) is 4.90 Å². The van der Waals surface area contributed by atoms with E-state index in [4.69, 9.17) is 9.47 Å². The van der Waals surface area contributed by atoms with Gasteiger partial charge in [0.05, 0.1) is 12.5 Å². The lowest BCUT2D eigenvalue weighted by Crippen LogP contribution is -2.67. The van der Waals surface area contributed by atoms with Crippen molar-refractivity contribution in [3.8, 4) is 11.5 Å². The Labute approximate surface area is 138 Å². The Kier molecular flexibility index (Phi) is 2.62. The second kappa shape index (κ2) is 4.32. The first-order chi connectivity index (χ1) is 11.2. The highest BCUT2D eigenvalue weighted by atomic mass is 16.5. The number of likely N-dealkylation sites (tertiary alicyclic amines) is 1. The third-order valence-electron chi connectivity index (χ3n) is 7.30. The van der Waals surface area contributed by atoms with Crippen molar-refractivity contribution in [1.29, 1.82) is 0 Å². The minimum absolute atomic E-state index is 0.0785. The number of nitrogens with zero attached hydrogens (tertiary/aromatic N) is 1. The van der Waals surface area contributed by atoms with Gasteiger partial charge in [-0.1, -0.05) is 19.1 Å². The van der Waals surface area contributed by atoms with Gasteiger partial charge in [0.1, 0.15) is 6.10 Å². The van der Waals surface area contributed by atoms with Gasteiger partial charge in [-0.25, -0.2) is 0 Å². The molecule has 5 rings (SSSR count). The molecular formula is C20H25NO2. The first kappa shape index (κ1) is 13.9. The summed E-state index contributed by atoms with van der Waals surface area (Å²) in [4.78, 5) is 2.65. The van der Waals surface area contributed by atoms with Crippen LogP contribution >= 0.6 is 0 Å². The fourth-order valence-electron chi connectivity index (χ4n) is 6.44. The molecule has 0 saturated carbocycles. The number of aryl methyl sites for hydroxylation is 1. The monoisotopic (exact) mass is 311 g/mol. The van der Waals surface area contributed by atoms with E-state index < -0.39 is 0 Å². The smallest absolute Gasteiger partial charge is 0.166 e. The summed E-state index contributed by atoms with van der Waals surface area (Å²) in [6, 6.07) is 4.36. The molecule has 1 aromatic carbocycles. The summed E-state index contributed by atoms with van der Waals surface area (Å²) in [6.07, 6.45) is 9.73. The Morgan fingerprint density at radius 2 is 2.22 bits per heavy atom. The van der Waals surface area contributed by atoms with Gasteiger partial charge < -0.3 is 9.47 Å². The van der Waals surface area contributed by atoms with E-state index >= 15 is 0 Å². The summed E-state index contributed by atoms with van der Waals surface area (Å²) < 4.78 is 12.2. The van der Waals surface area contributed by atoms with Crippen LogP contribution in [0.4, 0.5) is 0 Å². The fourth-order valence-corrected chi connectivity index (χ4v) is 6.44. The number of hydrogen-bond donors (Lipinski definition) is 0. The van der Waals surface area contributed by atoms with Crippen molar-refractivity contribution in [2.24, 2.45) is 5.92 Å². The number of ether oxygens (including phenoxy) is 2. The maximum absolute atomic E-state index is 6.53. The quantitative estimate of drug-likeness (QED) is 0.782. The second-order valence-electron chi connectivity index (χ2n) is 7.62. The number of benzene rings is 1. The van der Waals surface area contributed by atoms with Gasteiger partial charge in [0.25, 0.3) is 0 Å². The van der Waals surface area contributed by atoms with Crippen LogP contribution in [0, 0.1) is 5.92 Å². The molecule has 0 unspecified atom stereocenters. The Hall–Kier alpha value is -1.48. The maximum Gasteiger partial charge on any atom is 0.166 e. The molecule has 0 bridgehead atoms. The van der Waals surface area contributed by atoms with Crippen molar-refractivity contribution in [2.75, 3.05) is 20.7 Å². The molecule has 4 atom stereocenters. The first-order valence-corrected chi connectivity index (χ1v) is 8.95. The third-order valence-corrected chi connectivity index (χ3v) is 7.30. The highest BCUT2D eigenvalue weighted by Crippen LogP contribution is 2.66. The van der Waals surface area contributed by atoms with Gasteiger partial charge in [0.2, 0.25) is 0 Å². The lowest BCUT2D eigenvalue weighted by Gasteiger charge is -2.58. The number of methoxy groups -OCH3 is 1. The molecule has 1 spiro atoms. The normalized spacial score (nSPS) is 39.8. The van der Waals surface area contributed by atoms with Crippen LogP contribution in [-0.4, -0.2) is 37.2 Å². The standard InChI is InChI=1S/C20H25NO2/c1-4-19-16-8-6-14-10-12-21(2)20(14,19)11-9-13-5-7-15(22-3)18(23-16)17(13)19/h5-8,14,16H,4,9-12H2,1-3H3/t14-,16+,19-,20+/m0/s1. The van der Waals surface area contributed by atoms with Gasteiger partial charge in [-0.15, -0.1) is 0 Å². The Bertz CT molecular complexity index is 712. The molecule has 1 saturated heterocycles. The predicted octanol–water partition coefficient (Wildman–Crippen LogP) is 3.31. The molecule has 3 heteroatoms. The molecular weight excluding hydrogens is 286 g/mol. The van der Waals surface area contributed by atoms with Crippen LogP contribution in [0.2, 0.25) is 0 Å². The summed E-state index contributed by atoms with van der Waals surface area (Å²) in [7, 11) is 4.08. The van der Waals surface area contributed by atoms with Gasteiger partial charge in [0, 0.05) is 11.1 Å². The van der Waals surface area contributed by atoms with Crippen LogP contribution in [0.15, 0.2) is 24.3 Å². The van der Waals surface area contributed by atoms with Crippen molar-refractivity contribution in [3.05, 3.63) is 35.4 Å². The predicted molar refractivity (Wildman–Crippen MR) is 90.3 cm³/mol. The highest BCUT2D eigenvalue weighted by molar-refractivity contribution is 5.63. The topological polar surface area (TPSA) is 21.7 Å². The zero-order valence-corrected chi connectivity index (χ0v) is 14.3. The minimum atomic E-state index is 0.0785. The molecule has 2 heterocycles. The Morgan fingerprint density at radius 1 is 1.35 bits per heavy atom. The lowest BCUT2D eigenvalue weighted by atomic mass is 9.50. The average Bonchev–Trinajstić information content (AvgIpc) is 3.10. The average molecular weight is 311 g/mol. The summed E-state index contributed by atoms with van der Waals surface area (Å²) in [6.45, 7) is 3.54. The molecule has 1 fully saturated rings. The van der Waals surface area contributed by atoms with Gasteiger partial charge in [-0.05, 0) is 62.9 Å². The molecule has 0 amide bonds. The molecule has 2 aliphatic carbocycles. The van der Waals surface area contributed by atoms with Crippen LogP contribution in [0.3, 0.4) is 0 Å². The van der Waals surface area contributed by atoms with E-state index in [0.29, 0.717) is 5.92 Å². The maximum atomic E-state index is 6.53. The SMILES string of the molecule is CC[C@@]12c3c4ccc(OC)c3O[C@@H]1C=C[C@H]1CCN(C)[C@]12CC4. The molecule has 1 aromatic rings. The van der Waals surface area contributed by atoms with Crippen LogP contribution < -0.4 is 9.47 Å². The van der Waals surface area contributed by atoms with Gasteiger partial charge >= 0.3 is 0 Å². The molecule has 2 aliphatic heterocycles. The van der Waals surface area contributed by atoms with Gasteiger partial charge in [0.15, 0.2) is 11.5 Å². The van der Waals surface area contributed by atoms with E-state index in [1.54, 1.807) is 7.11 Å². The largest absolute Gasteiger partial charge is 0.493 e. The first-order valence-electron chi connectivity index (χ1n) is 8.95. The van der Waals surface area contributed by atoms with E-state index in [0.717, 1.165) is 24.3 Å². The summed E-state index contributed by atoms with van der Waals surface area (Å²) in [5, 5.41) is 0. The van der Waals surface area contributed by atoms with Crippen molar-refractivity contribution in [2.45, 2.75) is 49.7 Å². The van der Waals surface area contributed by atoms with Crippen molar-refractivity contribution < 1.29 is 9.47 Å². The Balaban J connectivity index is 1.86. The van der Waals surface area contributed by atoms with Crippen LogP contribution in [0.5, 0.6) is 11.5 Å². The Morgan fingerprint density at radius 3 is 3.00 bits per heavy atom.